The maximum absolute atomic E-state index is 11.0. The van der Waals surface area contributed by atoms with Gasteiger partial charge in [-0.15, -0.1) is 0 Å². The van der Waals surface area contributed by atoms with Crippen molar-refractivity contribution in [3.05, 3.63) is 11.6 Å². The lowest BCUT2D eigenvalue weighted by Crippen LogP contribution is -2.40. The molecule has 3 N–H and O–H groups in total. The maximum atomic E-state index is 11.0. The van der Waals surface area contributed by atoms with Gasteiger partial charge in [-0.05, 0) is 13.8 Å². The average Bonchev–Trinajstić information content (AvgIpc) is 2.15. The molecule has 0 aromatic heterocycles. The quantitative estimate of drug-likeness (QED) is 0.534. The van der Waals surface area contributed by atoms with Gasteiger partial charge in [-0.1, -0.05) is 6.08 Å². The van der Waals surface area contributed by atoms with Crippen LogP contribution in [0.25, 0.3) is 0 Å². The fraction of sp³-hybridized carbons (Fsp3) is 0.556. The molecule has 0 bridgehead atoms. The number of carboxylic acid groups (broad SMARTS) is 1. The highest BCUT2D eigenvalue weighted by molar-refractivity contribution is 5.85. The van der Waals surface area contributed by atoms with Crippen LogP contribution in [0.5, 0.6) is 0 Å². The molecule has 0 saturated heterocycles. The number of carbonyl (C=O) groups is 2. The summed E-state index contributed by atoms with van der Waals surface area (Å²) in [4.78, 5) is 21.4. The van der Waals surface area contributed by atoms with Gasteiger partial charge in [0, 0.05) is 19.2 Å². The summed E-state index contributed by atoms with van der Waals surface area (Å²) >= 11 is 0. The molecule has 0 aliphatic heterocycles. The molecule has 14 heavy (non-hydrogen) atoms. The molecule has 0 aliphatic rings. The summed E-state index contributed by atoms with van der Waals surface area (Å²) in [6, 6.07) is -0.321. The summed E-state index contributed by atoms with van der Waals surface area (Å²) in [7, 11) is 1.55. The molecule has 0 aromatic carbocycles. The molecular weight excluding hydrogens is 184 g/mol. The topological polar surface area (TPSA) is 78.4 Å². The van der Waals surface area contributed by atoms with Gasteiger partial charge in [0.2, 0.25) is 5.91 Å². The van der Waals surface area contributed by atoms with E-state index < -0.39 is 5.97 Å². The van der Waals surface area contributed by atoms with E-state index in [1.807, 2.05) is 0 Å². The zero-order valence-electron chi connectivity index (χ0n) is 8.63. The van der Waals surface area contributed by atoms with Crippen molar-refractivity contribution < 1.29 is 14.7 Å². The predicted molar refractivity (Wildman–Crippen MR) is 52.9 cm³/mol. The second-order valence-electron chi connectivity index (χ2n) is 2.94. The fourth-order valence-electron chi connectivity index (χ4n) is 0.785. The van der Waals surface area contributed by atoms with Crippen LogP contribution in [0, 0.1) is 0 Å². The number of carboxylic acids is 1. The molecule has 0 fully saturated rings. The lowest BCUT2D eigenvalue weighted by atomic mass is 10.2. The standard InChI is InChI=1S/C9H16N2O3/c1-6(9(13)14)4-5-11-7(2)8(12)10-3/h4,7,11H,5H2,1-3H3,(H,10,12)(H,13,14)/b6-4-. The summed E-state index contributed by atoms with van der Waals surface area (Å²) in [6.07, 6.45) is 1.53. The Morgan fingerprint density at radius 2 is 2.07 bits per heavy atom. The minimum Gasteiger partial charge on any atom is -0.478 e. The van der Waals surface area contributed by atoms with E-state index in [1.165, 1.54) is 13.0 Å². The van der Waals surface area contributed by atoms with E-state index in [0.717, 1.165) is 0 Å². The summed E-state index contributed by atoms with van der Waals surface area (Å²) in [5.74, 6) is -1.06. The minimum atomic E-state index is -0.945. The first-order valence-corrected chi connectivity index (χ1v) is 4.34. The van der Waals surface area contributed by atoms with E-state index in [-0.39, 0.29) is 17.5 Å². The van der Waals surface area contributed by atoms with Gasteiger partial charge < -0.3 is 15.7 Å². The first-order valence-electron chi connectivity index (χ1n) is 4.34. The fourth-order valence-corrected chi connectivity index (χ4v) is 0.785. The van der Waals surface area contributed by atoms with Crippen molar-refractivity contribution in [1.82, 2.24) is 10.6 Å². The van der Waals surface area contributed by atoms with Gasteiger partial charge in [-0.25, -0.2) is 4.79 Å². The summed E-state index contributed by atoms with van der Waals surface area (Å²) in [5.41, 5.74) is 0.265. The molecule has 1 amide bonds. The molecule has 0 radical (unpaired) electrons. The van der Waals surface area contributed by atoms with E-state index in [1.54, 1.807) is 14.0 Å². The lowest BCUT2D eigenvalue weighted by Gasteiger charge is -2.09. The summed E-state index contributed by atoms with van der Waals surface area (Å²) in [6.45, 7) is 3.59. The molecule has 0 aliphatic carbocycles. The molecule has 1 unspecified atom stereocenters. The average molecular weight is 200 g/mol. The first kappa shape index (κ1) is 12.6. The number of hydrogen-bond acceptors (Lipinski definition) is 3. The first-order chi connectivity index (χ1) is 6.49. The van der Waals surface area contributed by atoms with Crippen LogP contribution >= 0.6 is 0 Å². The highest BCUT2D eigenvalue weighted by Gasteiger charge is 2.08. The van der Waals surface area contributed by atoms with Gasteiger partial charge >= 0.3 is 5.97 Å². The molecule has 0 aromatic rings. The number of likely N-dealkylation sites (N-methyl/N-ethyl adjacent to an activating group) is 1. The SMILES string of the molecule is CNC(=O)C(C)NC/C=C(/C)C(=O)O. The van der Waals surface area contributed by atoms with Crippen molar-refractivity contribution >= 4 is 11.9 Å². The second-order valence-corrected chi connectivity index (χ2v) is 2.94. The Balaban J connectivity index is 3.90. The minimum absolute atomic E-state index is 0.119. The molecule has 5 heteroatoms. The van der Waals surface area contributed by atoms with Gasteiger partial charge in [0.05, 0.1) is 6.04 Å². The molecule has 1 atom stereocenters. The Kier molecular flexibility index (Phi) is 5.55. The van der Waals surface area contributed by atoms with Gasteiger partial charge in [0.15, 0.2) is 0 Å². The number of carbonyl (C=O) groups excluding carboxylic acids is 1. The van der Waals surface area contributed by atoms with E-state index in [9.17, 15) is 9.59 Å². The van der Waals surface area contributed by atoms with Crippen molar-refractivity contribution in [3.63, 3.8) is 0 Å². The van der Waals surface area contributed by atoms with Crippen LogP contribution in [0.1, 0.15) is 13.8 Å². The van der Waals surface area contributed by atoms with Crippen LogP contribution in [-0.4, -0.2) is 36.6 Å². The molecule has 5 nitrogen and oxygen atoms in total. The number of nitrogens with one attached hydrogen (secondary N) is 2. The smallest absolute Gasteiger partial charge is 0.330 e. The van der Waals surface area contributed by atoms with E-state index in [2.05, 4.69) is 10.6 Å². The van der Waals surface area contributed by atoms with Crippen LogP contribution in [-0.2, 0) is 9.59 Å². The Morgan fingerprint density at radius 3 is 2.50 bits per heavy atom. The third-order valence-electron chi connectivity index (χ3n) is 1.81. The van der Waals surface area contributed by atoms with Crippen LogP contribution in [0.3, 0.4) is 0 Å². The van der Waals surface area contributed by atoms with Gasteiger partial charge in [-0.3, -0.25) is 4.79 Å². The molecule has 0 spiro atoms. The number of amides is 1. The number of hydrogen-bond donors (Lipinski definition) is 3. The van der Waals surface area contributed by atoms with Crippen LogP contribution in [0.4, 0.5) is 0 Å². The zero-order chi connectivity index (χ0) is 11.1. The number of aliphatic carboxylic acids is 1. The highest BCUT2D eigenvalue weighted by atomic mass is 16.4. The number of rotatable bonds is 5. The van der Waals surface area contributed by atoms with Gasteiger partial charge in [-0.2, -0.15) is 0 Å². The Labute approximate surface area is 83.2 Å². The summed E-state index contributed by atoms with van der Waals surface area (Å²) < 4.78 is 0. The highest BCUT2D eigenvalue weighted by Crippen LogP contribution is 1.90. The van der Waals surface area contributed by atoms with E-state index >= 15 is 0 Å². The lowest BCUT2D eigenvalue weighted by molar-refractivity contribution is -0.132. The molecular formula is C9H16N2O3. The summed E-state index contributed by atoms with van der Waals surface area (Å²) in [5, 5.41) is 13.9. The molecule has 0 heterocycles. The molecule has 80 valence electrons. The zero-order valence-corrected chi connectivity index (χ0v) is 8.63. The van der Waals surface area contributed by atoms with Crippen molar-refractivity contribution in [2.24, 2.45) is 0 Å². The van der Waals surface area contributed by atoms with Gasteiger partial charge in [0.25, 0.3) is 0 Å². The van der Waals surface area contributed by atoms with E-state index in [4.69, 9.17) is 5.11 Å². The second kappa shape index (κ2) is 6.15. The van der Waals surface area contributed by atoms with Gasteiger partial charge in [0.1, 0.15) is 0 Å². The van der Waals surface area contributed by atoms with Crippen molar-refractivity contribution in [3.8, 4) is 0 Å². The largest absolute Gasteiger partial charge is 0.478 e. The van der Waals surface area contributed by atoms with Crippen molar-refractivity contribution in [2.45, 2.75) is 19.9 Å². The molecule has 0 rings (SSSR count). The third kappa shape index (κ3) is 4.61. The van der Waals surface area contributed by atoms with E-state index in [0.29, 0.717) is 6.54 Å². The Hall–Kier alpha value is -1.36. The van der Waals surface area contributed by atoms with Crippen LogP contribution < -0.4 is 10.6 Å². The normalized spacial score (nSPS) is 13.5. The van der Waals surface area contributed by atoms with Crippen molar-refractivity contribution in [1.29, 1.82) is 0 Å². The van der Waals surface area contributed by atoms with Crippen LogP contribution in [0.2, 0.25) is 0 Å². The van der Waals surface area contributed by atoms with Crippen LogP contribution in [0.15, 0.2) is 11.6 Å². The third-order valence-corrected chi connectivity index (χ3v) is 1.81. The maximum Gasteiger partial charge on any atom is 0.330 e. The monoisotopic (exact) mass is 200 g/mol. The van der Waals surface area contributed by atoms with Crippen molar-refractivity contribution in [2.75, 3.05) is 13.6 Å². The Morgan fingerprint density at radius 1 is 1.50 bits per heavy atom. The Bertz CT molecular complexity index is 248. The predicted octanol–water partition coefficient (Wildman–Crippen LogP) is -0.259. The molecule has 0 saturated carbocycles.